The second-order valence-corrected chi connectivity index (χ2v) is 7.03. The van der Waals surface area contributed by atoms with E-state index in [1.165, 1.54) is 0 Å². The van der Waals surface area contributed by atoms with Crippen molar-refractivity contribution in [3.63, 3.8) is 0 Å². The van der Waals surface area contributed by atoms with Crippen LogP contribution in [-0.4, -0.2) is 26.7 Å². The van der Waals surface area contributed by atoms with Gasteiger partial charge in [0.05, 0.1) is 4.90 Å². The number of benzene rings is 1. The fourth-order valence-corrected chi connectivity index (χ4v) is 3.43. The van der Waals surface area contributed by atoms with Gasteiger partial charge in [-0.2, -0.15) is 0 Å². The van der Waals surface area contributed by atoms with E-state index in [0.29, 0.717) is 23.4 Å². The molecule has 0 aliphatic carbocycles. The summed E-state index contributed by atoms with van der Waals surface area (Å²) in [7, 11) is -3.47. The smallest absolute Gasteiger partial charge is 0.240 e. The number of hydrogen-bond acceptors (Lipinski definition) is 3. The Labute approximate surface area is 117 Å². The summed E-state index contributed by atoms with van der Waals surface area (Å²) >= 11 is 3.30. The topological polar surface area (TPSA) is 66.4 Å². The lowest BCUT2D eigenvalue weighted by Crippen LogP contribution is -2.29. The molecule has 4 nitrogen and oxygen atoms in total. The molecule has 0 aromatic heterocycles. The molecule has 0 radical (unpaired) electrons. The van der Waals surface area contributed by atoms with Crippen LogP contribution in [0, 0.1) is 12.8 Å². The van der Waals surface area contributed by atoms with Crippen LogP contribution < -0.4 is 4.72 Å². The lowest BCUT2D eigenvalue weighted by molar-refractivity contribution is 0.263. The summed E-state index contributed by atoms with van der Waals surface area (Å²) in [6, 6.07) is 5.06. The average Bonchev–Trinajstić information content (AvgIpc) is 2.26. The van der Waals surface area contributed by atoms with E-state index < -0.39 is 10.0 Å². The molecule has 1 rings (SSSR count). The monoisotopic (exact) mass is 335 g/mol. The van der Waals surface area contributed by atoms with Gasteiger partial charge in [-0.1, -0.05) is 22.9 Å². The summed E-state index contributed by atoms with van der Waals surface area (Å²) in [6.45, 7) is 4.06. The zero-order valence-corrected chi connectivity index (χ0v) is 12.9. The van der Waals surface area contributed by atoms with Crippen LogP contribution in [0.25, 0.3) is 0 Å². The first-order valence-corrected chi connectivity index (χ1v) is 8.01. The molecule has 0 spiro atoms. The van der Waals surface area contributed by atoms with Gasteiger partial charge in [-0.15, -0.1) is 0 Å². The fraction of sp³-hybridized carbons (Fsp3) is 0.500. The van der Waals surface area contributed by atoms with Gasteiger partial charge in [0.1, 0.15) is 0 Å². The Bertz CT molecular complexity index is 502. The average molecular weight is 336 g/mol. The van der Waals surface area contributed by atoms with Crippen molar-refractivity contribution in [2.75, 3.05) is 13.2 Å². The van der Waals surface area contributed by atoms with Gasteiger partial charge in [-0.25, -0.2) is 13.1 Å². The maximum absolute atomic E-state index is 12.1. The van der Waals surface area contributed by atoms with Gasteiger partial charge in [0.15, 0.2) is 0 Å². The summed E-state index contributed by atoms with van der Waals surface area (Å²) < 4.78 is 27.6. The molecular formula is C12H18BrNO3S. The molecule has 2 N–H and O–H groups in total. The van der Waals surface area contributed by atoms with E-state index in [-0.39, 0.29) is 12.5 Å². The summed E-state index contributed by atoms with van der Waals surface area (Å²) in [4.78, 5) is 0.293. The molecule has 1 unspecified atom stereocenters. The van der Waals surface area contributed by atoms with Crippen LogP contribution in [0.15, 0.2) is 27.6 Å². The van der Waals surface area contributed by atoms with Crippen LogP contribution in [0.3, 0.4) is 0 Å². The molecule has 0 amide bonds. The summed E-state index contributed by atoms with van der Waals surface area (Å²) in [5.74, 6) is 0.112. The molecule has 1 atom stereocenters. The van der Waals surface area contributed by atoms with Crippen LogP contribution in [0.1, 0.15) is 18.9 Å². The maximum atomic E-state index is 12.1. The van der Waals surface area contributed by atoms with E-state index in [9.17, 15) is 8.42 Å². The van der Waals surface area contributed by atoms with Crippen molar-refractivity contribution < 1.29 is 13.5 Å². The number of halogens is 1. The third kappa shape index (κ3) is 4.35. The molecule has 0 heterocycles. The van der Waals surface area contributed by atoms with Gasteiger partial charge in [0.25, 0.3) is 0 Å². The molecule has 6 heteroatoms. The zero-order chi connectivity index (χ0) is 13.8. The van der Waals surface area contributed by atoms with Crippen molar-refractivity contribution in [2.45, 2.75) is 25.2 Å². The lowest BCUT2D eigenvalue weighted by atomic mass is 10.1. The third-order valence-electron chi connectivity index (χ3n) is 2.67. The summed E-state index contributed by atoms with van der Waals surface area (Å²) in [5.41, 5.74) is 0.701. The lowest BCUT2D eigenvalue weighted by Gasteiger charge is -2.13. The summed E-state index contributed by atoms with van der Waals surface area (Å²) in [5, 5.41) is 8.78. The number of aliphatic hydroxyl groups excluding tert-OH is 1. The second-order valence-electron chi connectivity index (χ2n) is 4.38. The number of aliphatic hydroxyl groups is 1. The highest BCUT2D eigenvalue weighted by molar-refractivity contribution is 9.10. The number of rotatable bonds is 6. The van der Waals surface area contributed by atoms with Crippen molar-refractivity contribution in [2.24, 2.45) is 5.92 Å². The standard InChI is InChI=1S/C12H18BrNO3S/c1-9(5-6-15)8-14-18(16,17)12-4-3-11(13)7-10(12)2/h3-4,7,9,14-15H,5-6,8H2,1-2H3. The van der Waals surface area contributed by atoms with Crippen LogP contribution >= 0.6 is 15.9 Å². The molecule has 0 bridgehead atoms. The predicted octanol–water partition coefficient (Wildman–Crippen LogP) is 2.05. The Morgan fingerprint density at radius 3 is 2.67 bits per heavy atom. The Hall–Kier alpha value is -0.430. The SMILES string of the molecule is Cc1cc(Br)ccc1S(=O)(=O)NCC(C)CCO. The van der Waals surface area contributed by atoms with E-state index in [4.69, 9.17) is 5.11 Å². The molecule has 0 saturated carbocycles. The molecule has 0 aliphatic rings. The number of aryl methyl sites for hydroxylation is 1. The van der Waals surface area contributed by atoms with E-state index in [1.807, 2.05) is 6.92 Å². The Kier molecular flexibility index (Phi) is 5.78. The van der Waals surface area contributed by atoms with Crippen LogP contribution in [0.5, 0.6) is 0 Å². The van der Waals surface area contributed by atoms with Gasteiger partial charge in [-0.3, -0.25) is 0 Å². The number of sulfonamides is 1. The van der Waals surface area contributed by atoms with Crippen molar-refractivity contribution in [1.82, 2.24) is 4.72 Å². The molecule has 18 heavy (non-hydrogen) atoms. The zero-order valence-electron chi connectivity index (χ0n) is 10.5. The van der Waals surface area contributed by atoms with E-state index in [2.05, 4.69) is 20.7 Å². The van der Waals surface area contributed by atoms with Crippen LogP contribution in [-0.2, 0) is 10.0 Å². The first kappa shape index (κ1) is 15.6. The van der Waals surface area contributed by atoms with Gasteiger partial charge in [0.2, 0.25) is 10.0 Å². The second kappa shape index (κ2) is 6.65. The van der Waals surface area contributed by atoms with Gasteiger partial charge < -0.3 is 5.11 Å². The molecule has 0 fully saturated rings. The molecule has 1 aromatic carbocycles. The summed E-state index contributed by atoms with van der Waals surface area (Å²) in [6.07, 6.45) is 0.585. The van der Waals surface area contributed by atoms with Gasteiger partial charge in [-0.05, 0) is 43.0 Å². The largest absolute Gasteiger partial charge is 0.396 e. The third-order valence-corrected chi connectivity index (χ3v) is 4.75. The highest BCUT2D eigenvalue weighted by Crippen LogP contribution is 2.20. The van der Waals surface area contributed by atoms with Crippen LogP contribution in [0.2, 0.25) is 0 Å². The van der Waals surface area contributed by atoms with Crippen molar-refractivity contribution in [3.05, 3.63) is 28.2 Å². The molecular weight excluding hydrogens is 318 g/mol. The van der Waals surface area contributed by atoms with Gasteiger partial charge >= 0.3 is 0 Å². The van der Waals surface area contributed by atoms with Crippen LogP contribution in [0.4, 0.5) is 0 Å². The van der Waals surface area contributed by atoms with Crippen molar-refractivity contribution in [1.29, 1.82) is 0 Å². The number of hydrogen-bond donors (Lipinski definition) is 2. The predicted molar refractivity (Wildman–Crippen MR) is 74.9 cm³/mol. The first-order chi connectivity index (χ1) is 8.36. The first-order valence-electron chi connectivity index (χ1n) is 5.73. The fourth-order valence-electron chi connectivity index (χ4n) is 1.57. The van der Waals surface area contributed by atoms with E-state index in [0.717, 1.165) is 4.47 Å². The minimum Gasteiger partial charge on any atom is -0.396 e. The minimum absolute atomic E-state index is 0.0696. The molecule has 102 valence electrons. The van der Waals surface area contributed by atoms with Gasteiger partial charge in [0, 0.05) is 17.6 Å². The molecule has 0 aliphatic heterocycles. The Morgan fingerprint density at radius 2 is 2.11 bits per heavy atom. The van der Waals surface area contributed by atoms with Crippen molar-refractivity contribution >= 4 is 26.0 Å². The Balaban J connectivity index is 2.80. The Morgan fingerprint density at radius 1 is 1.44 bits per heavy atom. The quantitative estimate of drug-likeness (QED) is 0.836. The molecule has 1 aromatic rings. The van der Waals surface area contributed by atoms with E-state index in [1.54, 1.807) is 25.1 Å². The molecule has 0 saturated heterocycles. The normalized spacial score (nSPS) is 13.6. The highest BCUT2D eigenvalue weighted by atomic mass is 79.9. The maximum Gasteiger partial charge on any atom is 0.240 e. The number of nitrogens with one attached hydrogen (secondary N) is 1. The van der Waals surface area contributed by atoms with E-state index >= 15 is 0 Å². The highest BCUT2D eigenvalue weighted by Gasteiger charge is 2.17. The minimum atomic E-state index is -3.47. The van der Waals surface area contributed by atoms with Crippen molar-refractivity contribution in [3.8, 4) is 0 Å².